The first-order valence-corrected chi connectivity index (χ1v) is 7.29. The molecular weight excluding hydrogens is 322 g/mol. The van der Waals surface area contributed by atoms with Gasteiger partial charge in [0.1, 0.15) is 11.1 Å². The van der Waals surface area contributed by atoms with Crippen LogP contribution in [0.15, 0.2) is 29.4 Å². The molecule has 2 rings (SSSR count). The third-order valence-electron chi connectivity index (χ3n) is 3.20. The number of rotatable bonds is 5. The van der Waals surface area contributed by atoms with Crippen LogP contribution < -0.4 is 16.3 Å². The van der Waals surface area contributed by atoms with Gasteiger partial charge in [0.2, 0.25) is 0 Å². The van der Waals surface area contributed by atoms with Crippen molar-refractivity contribution in [2.45, 2.75) is 25.4 Å². The van der Waals surface area contributed by atoms with Gasteiger partial charge < -0.3 is 0 Å². The highest BCUT2D eigenvalue weighted by Gasteiger charge is 2.26. The number of hydrogen-bond donors (Lipinski definition) is 3. The molecule has 2 unspecified atom stereocenters. The Hall–Kier alpha value is -2.29. The molecule has 1 amide bonds. The predicted molar refractivity (Wildman–Crippen MR) is 87.9 cm³/mol. The third-order valence-corrected chi connectivity index (χ3v) is 3.52. The van der Waals surface area contributed by atoms with Crippen LogP contribution in [-0.2, 0) is 4.79 Å². The van der Waals surface area contributed by atoms with Crippen LogP contribution in [0.2, 0.25) is 5.02 Å². The highest BCUT2D eigenvalue weighted by molar-refractivity contribution is 6.32. The van der Waals surface area contributed by atoms with Crippen molar-refractivity contribution in [2.75, 3.05) is 0 Å². The van der Waals surface area contributed by atoms with Crippen LogP contribution in [0.25, 0.3) is 6.08 Å². The molecule has 8 nitrogen and oxygen atoms in total. The molecule has 23 heavy (non-hydrogen) atoms. The van der Waals surface area contributed by atoms with Gasteiger partial charge in [-0.2, -0.15) is 5.10 Å². The van der Waals surface area contributed by atoms with Gasteiger partial charge in [0.25, 0.3) is 11.6 Å². The predicted octanol–water partition coefficient (Wildman–Crippen LogP) is 1.62. The average molecular weight is 338 g/mol. The van der Waals surface area contributed by atoms with E-state index in [4.69, 9.17) is 11.6 Å². The van der Waals surface area contributed by atoms with Gasteiger partial charge in [0.15, 0.2) is 0 Å². The second kappa shape index (κ2) is 7.82. The Morgan fingerprint density at radius 1 is 1.52 bits per heavy atom. The van der Waals surface area contributed by atoms with Gasteiger partial charge in [0.05, 0.1) is 4.92 Å². The fourth-order valence-electron chi connectivity index (χ4n) is 2.04. The summed E-state index contributed by atoms with van der Waals surface area (Å²) < 4.78 is 0. The fourth-order valence-corrected chi connectivity index (χ4v) is 2.22. The first-order valence-electron chi connectivity index (χ1n) is 6.92. The normalized spacial score (nSPS) is 21.1. The molecule has 0 saturated carbocycles. The molecule has 1 aromatic carbocycles. The Balaban J connectivity index is 1.87. The first-order chi connectivity index (χ1) is 11.0. The van der Waals surface area contributed by atoms with E-state index in [1.807, 2.05) is 6.92 Å². The number of nitrogens with zero attached hydrogens (tertiary/aromatic N) is 2. The first kappa shape index (κ1) is 17.1. The molecule has 1 heterocycles. The number of hydrazone groups is 1. The van der Waals surface area contributed by atoms with Gasteiger partial charge in [-0.25, -0.2) is 10.9 Å². The van der Waals surface area contributed by atoms with E-state index in [2.05, 4.69) is 21.4 Å². The number of nitrogens with one attached hydrogen (secondary N) is 3. The van der Waals surface area contributed by atoms with Crippen LogP contribution in [0.5, 0.6) is 0 Å². The van der Waals surface area contributed by atoms with Crippen molar-refractivity contribution >= 4 is 35.5 Å². The van der Waals surface area contributed by atoms with E-state index >= 15 is 0 Å². The van der Waals surface area contributed by atoms with Crippen molar-refractivity contribution in [2.24, 2.45) is 5.10 Å². The topological polar surface area (TPSA) is 109 Å². The van der Waals surface area contributed by atoms with E-state index in [0.717, 1.165) is 0 Å². The van der Waals surface area contributed by atoms with Gasteiger partial charge in [-0.3, -0.25) is 20.3 Å². The maximum Gasteiger partial charge on any atom is 0.288 e. The summed E-state index contributed by atoms with van der Waals surface area (Å²) in [5, 5.41) is 14.7. The number of allylic oxidation sites excluding steroid dienone is 1. The zero-order valence-corrected chi connectivity index (χ0v) is 13.1. The minimum Gasteiger partial charge on any atom is -0.271 e. The minimum atomic E-state index is -0.544. The molecule has 2 atom stereocenters. The molecule has 9 heteroatoms. The van der Waals surface area contributed by atoms with Crippen molar-refractivity contribution in [1.82, 2.24) is 16.3 Å². The molecule has 1 aromatic rings. The summed E-state index contributed by atoms with van der Waals surface area (Å²) in [6.07, 6.45) is 5.27. The minimum absolute atomic E-state index is 0.0833. The van der Waals surface area contributed by atoms with Crippen LogP contribution in [0.3, 0.4) is 0 Å². The summed E-state index contributed by atoms with van der Waals surface area (Å²) in [7, 11) is 0. The van der Waals surface area contributed by atoms with Crippen molar-refractivity contribution in [3.63, 3.8) is 0 Å². The Morgan fingerprint density at radius 3 is 2.96 bits per heavy atom. The van der Waals surface area contributed by atoms with E-state index in [9.17, 15) is 14.9 Å². The van der Waals surface area contributed by atoms with Gasteiger partial charge >= 0.3 is 0 Å². The maximum absolute atomic E-state index is 11.7. The number of nitro benzene ring substituents is 1. The van der Waals surface area contributed by atoms with Gasteiger partial charge in [-0.1, -0.05) is 23.7 Å². The molecule has 0 bridgehead atoms. The number of hydrogen-bond acceptors (Lipinski definition) is 6. The Kier molecular flexibility index (Phi) is 5.80. The maximum atomic E-state index is 11.7. The zero-order valence-electron chi connectivity index (χ0n) is 12.3. The van der Waals surface area contributed by atoms with E-state index in [0.29, 0.717) is 12.0 Å². The van der Waals surface area contributed by atoms with Crippen LogP contribution >= 0.6 is 11.6 Å². The number of hydrazine groups is 1. The van der Waals surface area contributed by atoms with Crippen LogP contribution in [-0.4, -0.2) is 29.1 Å². The average Bonchev–Trinajstić information content (AvgIpc) is 2.94. The van der Waals surface area contributed by atoms with E-state index in [1.165, 1.54) is 18.3 Å². The summed E-state index contributed by atoms with van der Waals surface area (Å²) in [5.41, 5.74) is 8.68. The van der Waals surface area contributed by atoms with E-state index in [1.54, 1.807) is 18.2 Å². The van der Waals surface area contributed by atoms with Crippen molar-refractivity contribution < 1.29 is 9.72 Å². The third kappa shape index (κ3) is 4.85. The lowest BCUT2D eigenvalue weighted by Gasteiger charge is -2.05. The molecule has 0 aliphatic carbocycles. The lowest BCUT2D eigenvalue weighted by atomic mass is 10.1. The summed E-state index contributed by atoms with van der Waals surface area (Å²) in [5.74, 6) is -0.228. The van der Waals surface area contributed by atoms with Gasteiger partial charge in [0, 0.05) is 18.3 Å². The van der Waals surface area contributed by atoms with Gasteiger partial charge in [-0.15, -0.1) is 0 Å². The van der Waals surface area contributed by atoms with Gasteiger partial charge in [-0.05, 0) is 31.1 Å². The Bertz CT molecular complexity index is 662. The molecule has 1 aliphatic heterocycles. The molecule has 0 spiro atoms. The number of carbonyl (C=O) groups excluding carboxylic acids is 1. The van der Waals surface area contributed by atoms with E-state index < -0.39 is 4.92 Å². The molecule has 0 radical (unpaired) electrons. The second-order valence-corrected chi connectivity index (χ2v) is 5.47. The lowest BCUT2D eigenvalue weighted by Crippen LogP contribution is -2.41. The summed E-state index contributed by atoms with van der Waals surface area (Å²) in [6.45, 7) is 1.97. The highest BCUT2D eigenvalue weighted by Crippen LogP contribution is 2.25. The highest BCUT2D eigenvalue weighted by atomic mass is 35.5. The summed E-state index contributed by atoms with van der Waals surface area (Å²) in [4.78, 5) is 22.0. The second-order valence-electron chi connectivity index (χ2n) is 5.06. The molecule has 1 fully saturated rings. The number of carbonyl (C=O) groups is 1. The number of halogens is 1. The zero-order chi connectivity index (χ0) is 16.8. The van der Waals surface area contributed by atoms with Crippen molar-refractivity contribution in [3.05, 3.63) is 45.0 Å². The smallest absolute Gasteiger partial charge is 0.271 e. The number of nitro groups is 1. The summed E-state index contributed by atoms with van der Waals surface area (Å²) in [6, 6.07) is 4.38. The fraction of sp³-hybridized carbons (Fsp3) is 0.286. The van der Waals surface area contributed by atoms with E-state index in [-0.39, 0.29) is 28.7 Å². The Morgan fingerprint density at radius 2 is 2.30 bits per heavy atom. The van der Waals surface area contributed by atoms with Crippen LogP contribution in [0.4, 0.5) is 5.69 Å². The monoisotopic (exact) mass is 337 g/mol. The Labute approximate surface area is 137 Å². The molecular formula is C14H16ClN5O3. The molecule has 1 saturated heterocycles. The quantitative estimate of drug-likeness (QED) is 0.430. The van der Waals surface area contributed by atoms with Crippen LogP contribution in [0.1, 0.15) is 18.9 Å². The largest absolute Gasteiger partial charge is 0.288 e. The number of benzene rings is 1. The van der Waals surface area contributed by atoms with Crippen molar-refractivity contribution in [3.8, 4) is 0 Å². The molecule has 1 aliphatic rings. The molecule has 122 valence electrons. The molecule has 3 N–H and O–H groups in total. The number of amides is 1. The van der Waals surface area contributed by atoms with Crippen molar-refractivity contribution in [1.29, 1.82) is 0 Å². The van der Waals surface area contributed by atoms with Crippen LogP contribution in [0, 0.1) is 10.1 Å². The lowest BCUT2D eigenvalue weighted by molar-refractivity contribution is -0.384. The summed E-state index contributed by atoms with van der Waals surface area (Å²) >= 11 is 5.73. The standard InChI is InChI=1S/C14H16ClN5O3/c1-9-7-12(18-17-9)14(21)19-16-6-2-3-10-4-5-11(15)13(8-10)20(22)23/h2-6,8-9,12,17-18H,7H2,1H3,(H,19,21)/b3-2+,16-6-. The SMILES string of the molecule is CC1CC(C(=O)N/N=C\C=C\c2ccc(Cl)c([N+](=O)[O-])c2)NN1. The molecule has 0 aromatic heterocycles.